The Kier molecular flexibility index (Phi) is 4.15. The Hall–Kier alpha value is -1.35. The molecule has 0 radical (unpaired) electrons. The molecule has 0 spiro atoms. The van der Waals surface area contributed by atoms with Crippen molar-refractivity contribution in [1.29, 1.82) is 0 Å². The first-order chi connectivity index (χ1) is 8.35. The van der Waals surface area contributed by atoms with Crippen LogP contribution in [-0.4, -0.2) is 23.5 Å². The molecule has 2 rings (SSSR count). The predicted octanol–water partition coefficient (Wildman–Crippen LogP) is 2.59. The average Bonchev–Trinajstić information content (AvgIpc) is 2.86. The molecule has 0 fully saturated rings. The van der Waals surface area contributed by atoms with Crippen LogP contribution in [0.5, 0.6) is 0 Å². The molecule has 1 heterocycles. The van der Waals surface area contributed by atoms with Crippen molar-refractivity contribution in [3.8, 4) is 0 Å². The Bertz CT molecular complexity index is 375. The molecule has 1 N–H and O–H groups in total. The summed E-state index contributed by atoms with van der Waals surface area (Å²) in [4.78, 5) is 5.45. The predicted molar refractivity (Wildman–Crippen MR) is 68.0 cm³/mol. The van der Waals surface area contributed by atoms with Crippen molar-refractivity contribution < 1.29 is 9.94 Å². The molecule has 2 atom stereocenters. The van der Waals surface area contributed by atoms with Gasteiger partial charge >= 0.3 is 0 Å². The Morgan fingerprint density at radius 2 is 2.18 bits per heavy atom. The van der Waals surface area contributed by atoms with Gasteiger partial charge in [0.15, 0.2) is 0 Å². The number of nitrogens with zero attached hydrogens (tertiary/aromatic N) is 1. The van der Waals surface area contributed by atoms with Crippen molar-refractivity contribution in [2.45, 2.75) is 32.3 Å². The Morgan fingerprint density at radius 1 is 1.41 bits per heavy atom. The molecule has 0 amide bonds. The summed E-state index contributed by atoms with van der Waals surface area (Å²) in [6.45, 7) is 2.30. The minimum Gasteiger partial charge on any atom is -0.396 e. The van der Waals surface area contributed by atoms with Gasteiger partial charge in [0.25, 0.3) is 0 Å². The maximum Gasteiger partial charge on any atom is 0.138 e. The molecule has 1 aromatic carbocycles. The van der Waals surface area contributed by atoms with Crippen molar-refractivity contribution in [2.75, 3.05) is 6.61 Å². The van der Waals surface area contributed by atoms with E-state index in [1.54, 1.807) is 0 Å². The summed E-state index contributed by atoms with van der Waals surface area (Å²) in [5.41, 5.74) is 2.10. The molecule has 3 heteroatoms. The third kappa shape index (κ3) is 2.86. The normalized spacial score (nSPS) is 20.8. The highest BCUT2D eigenvalue weighted by Crippen LogP contribution is 2.24. The molecular weight excluding hydrogens is 214 g/mol. The highest BCUT2D eigenvalue weighted by Gasteiger charge is 2.29. The fourth-order valence-corrected chi connectivity index (χ4v) is 2.22. The van der Waals surface area contributed by atoms with Crippen LogP contribution in [0.3, 0.4) is 0 Å². The lowest BCUT2D eigenvalue weighted by molar-refractivity contribution is 0.0143. The number of aliphatic hydroxyl groups is 1. The second-order valence-corrected chi connectivity index (χ2v) is 4.48. The maximum atomic E-state index is 9.34. The third-order valence-electron chi connectivity index (χ3n) is 3.22. The highest BCUT2D eigenvalue weighted by atomic mass is 16.6. The van der Waals surface area contributed by atoms with E-state index in [1.165, 1.54) is 0 Å². The van der Waals surface area contributed by atoms with Gasteiger partial charge in [0, 0.05) is 18.9 Å². The number of oxime groups is 1. The summed E-state index contributed by atoms with van der Waals surface area (Å²) in [5.74, 6) is 0.199. The van der Waals surface area contributed by atoms with Crippen LogP contribution in [0.25, 0.3) is 0 Å². The van der Waals surface area contributed by atoms with Gasteiger partial charge < -0.3 is 9.94 Å². The smallest absolute Gasteiger partial charge is 0.138 e. The van der Waals surface area contributed by atoms with E-state index in [1.807, 2.05) is 30.3 Å². The second-order valence-electron chi connectivity index (χ2n) is 4.48. The van der Waals surface area contributed by atoms with Crippen LogP contribution in [0.2, 0.25) is 0 Å². The van der Waals surface area contributed by atoms with E-state index in [-0.39, 0.29) is 18.6 Å². The molecule has 1 aliphatic heterocycles. The number of hydrogen-bond acceptors (Lipinski definition) is 3. The summed E-state index contributed by atoms with van der Waals surface area (Å²) < 4.78 is 0. The SMILES string of the molecule is CCC[C@@H](CO)[C@@H]1CC(c2ccccc2)=NO1. The van der Waals surface area contributed by atoms with Gasteiger partial charge in [-0.05, 0) is 12.0 Å². The largest absolute Gasteiger partial charge is 0.396 e. The summed E-state index contributed by atoms with van der Waals surface area (Å²) >= 11 is 0. The topological polar surface area (TPSA) is 41.8 Å². The van der Waals surface area contributed by atoms with E-state index in [4.69, 9.17) is 4.84 Å². The number of rotatable bonds is 5. The summed E-state index contributed by atoms with van der Waals surface area (Å²) in [6, 6.07) is 10.1. The van der Waals surface area contributed by atoms with E-state index in [0.29, 0.717) is 0 Å². The lowest BCUT2D eigenvalue weighted by atomic mass is 9.93. The third-order valence-corrected chi connectivity index (χ3v) is 3.22. The highest BCUT2D eigenvalue weighted by molar-refractivity contribution is 6.01. The van der Waals surface area contributed by atoms with Gasteiger partial charge in [0.05, 0.1) is 5.71 Å². The molecule has 1 aromatic rings. The van der Waals surface area contributed by atoms with Crippen molar-refractivity contribution in [2.24, 2.45) is 11.1 Å². The van der Waals surface area contributed by atoms with E-state index in [9.17, 15) is 5.11 Å². The molecule has 0 aromatic heterocycles. The zero-order valence-corrected chi connectivity index (χ0v) is 10.2. The molecule has 92 valence electrons. The van der Waals surface area contributed by atoms with Gasteiger partial charge in [-0.2, -0.15) is 0 Å². The van der Waals surface area contributed by atoms with Crippen LogP contribution in [0, 0.1) is 5.92 Å². The number of hydrogen-bond donors (Lipinski definition) is 1. The van der Waals surface area contributed by atoms with Crippen LogP contribution in [-0.2, 0) is 4.84 Å². The Balaban J connectivity index is 1.99. The van der Waals surface area contributed by atoms with Crippen LogP contribution in [0.15, 0.2) is 35.5 Å². The molecule has 0 bridgehead atoms. The Labute approximate surface area is 102 Å². The van der Waals surface area contributed by atoms with E-state index in [2.05, 4.69) is 12.1 Å². The molecule has 0 saturated heterocycles. The second kappa shape index (κ2) is 5.82. The van der Waals surface area contributed by atoms with E-state index < -0.39 is 0 Å². The van der Waals surface area contributed by atoms with Crippen LogP contribution in [0.1, 0.15) is 31.7 Å². The summed E-state index contributed by atoms with van der Waals surface area (Å²) in [7, 11) is 0. The van der Waals surface area contributed by atoms with E-state index >= 15 is 0 Å². The fraction of sp³-hybridized carbons (Fsp3) is 0.500. The van der Waals surface area contributed by atoms with Crippen LogP contribution < -0.4 is 0 Å². The molecular formula is C14H19NO2. The zero-order valence-electron chi connectivity index (χ0n) is 10.2. The number of aliphatic hydroxyl groups excluding tert-OH is 1. The standard InChI is InChI=1S/C14H19NO2/c1-2-6-12(10-16)14-9-13(15-17-14)11-7-4-3-5-8-11/h3-5,7-8,12,14,16H,2,6,9-10H2,1H3/t12-,14-/m0/s1. The van der Waals surface area contributed by atoms with Crippen molar-refractivity contribution in [3.05, 3.63) is 35.9 Å². The average molecular weight is 233 g/mol. The van der Waals surface area contributed by atoms with Gasteiger partial charge in [-0.1, -0.05) is 48.8 Å². The molecule has 1 aliphatic rings. The fourth-order valence-electron chi connectivity index (χ4n) is 2.22. The molecule has 17 heavy (non-hydrogen) atoms. The van der Waals surface area contributed by atoms with Crippen molar-refractivity contribution in [1.82, 2.24) is 0 Å². The van der Waals surface area contributed by atoms with Crippen molar-refractivity contribution in [3.63, 3.8) is 0 Å². The molecule has 3 nitrogen and oxygen atoms in total. The van der Waals surface area contributed by atoms with Crippen LogP contribution >= 0.6 is 0 Å². The molecule has 0 aliphatic carbocycles. The number of benzene rings is 1. The van der Waals surface area contributed by atoms with E-state index in [0.717, 1.165) is 30.5 Å². The minimum atomic E-state index is 0.0372. The van der Waals surface area contributed by atoms with Gasteiger partial charge in [-0.15, -0.1) is 0 Å². The quantitative estimate of drug-likeness (QED) is 0.849. The lowest BCUT2D eigenvalue weighted by Crippen LogP contribution is -2.24. The lowest BCUT2D eigenvalue weighted by Gasteiger charge is -2.18. The van der Waals surface area contributed by atoms with Gasteiger partial charge in [-0.3, -0.25) is 0 Å². The summed E-state index contributed by atoms with van der Waals surface area (Å²) in [6.07, 6.45) is 2.88. The van der Waals surface area contributed by atoms with Gasteiger partial charge in [-0.25, -0.2) is 0 Å². The minimum absolute atomic E-state index is 0.0372. The van der Waals surface area contributed by atoms with Crippen molar-refractivity contribution >= 4 is 5.71 Å². The van der Waals surface area contributed by atoms with Crippen LogP contribution in [0.4, 0.5) is 0 Å². The first kappa shape index (κ1) is 12.1. The Morgan fingerprint density at radius 3 is 2.82 bits per heavy atom. The maximum absolute atomic E-state index is 9.34. The van der Waals surface area contributed by atoms with Gasteiger partial charge in [0.1, 0.15) is 6.10 Å². The molecule has 0 unspecified atom stereocenters. The van der Waals surface area contributed by atoms with Gasteiger partial charge in [0.2, 0.25) is 0 Å². The zero-order chi connectivity index (χ0) is 12.1. The first-order valence-electron chi connectivity index (χ1n) is 6.24. The summed E-state index contributed by atoms with van der Waals surface area (Å²) in [5, 5.41) is 13.5. The molecule has 0 saturated carbocycles. The monoisotopic (exact) mass is 233 g/mol. The first-order valence-corrected chi connectivity index (χ1v) is 6.24.